The molecule has 0 bridgehead atoms. The molecule has 1 aliphatic rings. The third-order valence-corrected chi connectivity index (χ3v) is 5.70. The van der Waals surface area contributed by atoms with E-state index in [2.05, 4.69) is 0 Å². The Kier molecular flexibility index (Phi) is 6.13. The average molecular weight is 443 g/mol. The number of nitrogens with two attached hydrogens (primary N) is 1. The number of rotatable bonds is 6. The van der Waals surface area contributed by atoms with Gasteiger partial charge in [-0.25, -0.2) is 4.79 Å². The van der Waals surface area contributed by atoms with E-state index in [-0.39, 0.29) is 12.4 Å². The van der Waals surface area contributed by atoms with Gasteiger partial charge in [-0.05, 0) is 71.1 Å². The number of methoxy groups -OCH3 is 1. The topological polar surface area (TPSA) is 112 Å². The average Bonchev–Trinajstić information content (AvgIpc) is 3.26. The molecule has 4 N–H and O–H groups in total. The zero-order valence-electron chi connectivity index (χ0n) is 18.6. The lowest BCUT2D eigenvalue weighted by Gasteiger charge is -2.14. The maximum absolute atomic E-state index is 12.3. The van der Waals surface area contributed by atoms with Crippen molar-refractivity contribution in [3.63, 3.8) is 0 Å². The Bertz CT molecular complexity index is 1250. The number of hydrogen-bond donors (Lipinski definition) is 3. The molecule has 0 aromatic heterocycles. The van der Waals surface area contributed by atoms with Crippen LogP contribution in [0.4, 0.5) is 0 Å². The van der Waals surface area contributed by atoms with Crippen molar-refractivity contribution >= 4 is 17.6 Å². The van der Waals surface area contributed by atoms with Gasteiger partial charge in [0, 0.05) is 18.7 Å². The second-order valence-corrected chi connectivity index (χ2v) is 8.07. The molecule has 0 saturated heterocycles. The van der Waals surface area contributed by atoms with E-state index < -0.39 is 5.97 Å². The number of nitrogen functional groups attached to an aromatic ring is 1. The molecule has 7 heteroatoms. The molecule has 4 rings (SSSR count). The zero-order chi connectivity index (χ0) is 23.5. The molecule has 0 unspecified atom stereocenters. The molecule has 1 heterocycles. The number of carbonyl (C=O) groups is 1. The van der Waals surface area contributed by atoms with Crippen molar-refractivity contribution in [2.24, 2.45) is 5.73 Å². The predicted molar refractivity (Wildman–Crippen MR) is 128 cm³/mol. The van der Waals surface area contributed by atoms with Gasteiger partial charge in [-0.3, -0.25) is 10.8 Å². The van der Waals surface area contributed by atoms with Crippen molar-refractivity contribution in [2.45, 2.75) is 26.6 Å². The van der Waals surface area contributed by atoms with E-state index in [1.807, 2.05) is 47.4 Å². The lowest BCUT2D eigenvalue weighted by atomic mass is 9.98. The summed E-state index contributed by atoms with van der Waals surface area (Å²) in [5.74, 6) is 0.842. The smallest absolute Gasteiger partial charge is 0.337 e. The largest absolute Gasteiger partial charge is 0.489 e. The van der Waals surface area contributed by atoms with Crippen LogP contribution in [0.5, 0.6) is 5.75 Å². The summed E-state index contributed by atoms with van der Waals surface area (Å²) < 4.78 is 11.0. The first kappa shape index (κ1) is 22.1. The molecule has 0 saturated carbocycles. The summed E-state index contributed by atoms with van der Waals surface area (Å²) in [6, 6.07) is 18.8. The van der Waals surface area contributed by atoms with Crippen molar-refractivity contribution in [2.75, 3.05) is 7.11 Å². The van der Waals surface area contributed by atoms with Crippen LogP contribution in [0.1, 0.15) is 39.5 Å². The molecule has 0 amide bonds. The van der Waals surface area contributed by atoms with Crippen LogP contribution in [0.2, 0.25) is 0 Å². The lowest BCUT2D eigenvalue weighted by Crippen LogP contribution is -2.21. The fourth-order valence-corrected chi connectivity index (χ4v) is 3.91. The summed E-state index contributed by atoms with van der Waals surface area (Å²) >= 11 is 0. The Labute approximate surface area is 192 Å². The molecule has 0 fully saturated rings. The van der Waals surface area contributed by atoms with Gasteiger partial charge in [0.1, 0.15) is 18.2 Å². The summed E-state index contributed by atoms with van der Waals surface area (Å²) in [5.41, 5.74) is 11.5. The fourth-order valence-electron chi connectivity index (χ4n) is 3.91. The highest BCUT2D eigenvalue weighted by molar-refractivity contribution is 5.96. The van der Waals surface area contributed by atoms with E-state index >= 15 is 0 Å². The van der Waals surface area contributed by atoms with Gasteiger partial charge in [0.2, 0.25) is 0 Å². The minimum Gasteiger partial charge on any atom is -0.489 e. The van der Waals surface area contributed by atoms with Gasteiger partial charge in [0.15, 0.2) is 0 Å². The normalized spacial score (nSPS) is 12.2. The second kappa shape index (κ2) is 9.16. The van der Waals surface area contributed by atoms with E-state index in [1.54, 1.807) is 25.1 Å². The van der Waals surface area contributed by atoms with Crippen molar-refractivity contribution in [1.29, 1.82) is 10.8 Å². The van der Waals surface area contributed by atoms with Crippen LogP contribution >= 0.6 is 0 Å². The summed E-state index contributed by atoms with van der Waals surface area (Å²) in [5, 5.41) is 15.5. The van der Waals surface area contributed by atoms with Crippen LogP contribution in [0.15, 0.2) is 60.7 Å². The predicted octanol–water partition coefficient (Wildman–Crippen LogP) is 4.32. The lowest BCUT2D eigenvalue weighted by molar-refractivity contribution is 0.0600. The number of benzene rings is 3. The van der Waals surface area contributed by atoms with Crippen molar-refractivity contribution in [3.8, 4) is 16.9 Å². The molecule has 7 nitrogen and oxygen atoms in total. The van der Waals surface area contributed by atoms with Crippen LogP contribution in [0.3, 0.4) is 0 Å². The van der Waals surface area contributed by atoms with Crippen LogP contribution in [-0.2, 0) is 24.4 Å². The SMILES string of the molecule is COC(=O)c1cc(COc2ccc3c(c2)CN(C(C)=N)C3)cc(-c2cccc(C(=N)N)c2)c1. The molecule has 33 heavy (non-hydrogen) atoms. The van der Waals surface area contributed by atoms with E-state index in [0.717, 1.165) is 34.5 Å². The van der Waals surface area contributed by atoms with Crippen LogP contribution < -0.4 is 10.5 Å². The van der Waals surface area contributed by atoms with Gasteiger partial charge < -0.3 is 20.1 Å². The van der Waals surface area contributed by atoms with E-state index in [9.17, 15) is 4.79 Å². The number of ether oxygens (including phenoxy) is 2. The van der Waals surface area contributed by atoms with Crippen molar-refractivity contribution in [3.05, 3.63) is 88.5 Å². The molecule has 0 radical (unpaired) electrons. The third-order valence-electron chi connectivity index (χ3n) is 5.70. The number of amidine groups is 2. The Morgan fingerprint density at radius 3 is 2.45 bits per heavy atom. The number of carbonyl (C=O) groups excluding carboxylic acids is 1. The van der Waals surface area contributed by atoms with Gasteiger partial charge in [-0.15, -0.1) is 0 Å². The third kappa shape index (κ3) is 4.87. The standard InChI is InChI=1S/C26H26N4O3/c1-16(27)30-13-20-6-7-24(12-23(20)14-30)33-15-17-8-21(11-22(9-17)26(31)32-2)18-4-3-5-19(10-18)25(28)29/h3-12,27H,13-15H2,1-2H3,(H3,28,29). The maximum Gasteiger partial charge on any atom is 0.337 e. The number of hydrogen-bond acceptors (Lipinski definition) is 5. The number of fused-ring (bicyclic) bond motifs is 1. The van der Waals surface area contributed by atoms with Gasteiger partial charge in [0.25, 0.3) is 0 Å². The molecular formula is C26H26N4O3. The van der Waals surface area contributed by atoms with Gasteiger partial charge in [0.05, 0.1) is 18.5 Å². The van der Waals surface area contributed by atoms with Gasteiger partial charge in [-0.2, -0.15) is 0 Å². The Balaban J connectivity index is 1.59. The van der Waals surface area contributed by atoms with Crippen molar-refractivity contribution < 1.29 is 14.3 Å². The number of nitrogens with one attached hydrogen (secondary N) is 2. The zero-order valence-corrected chi connectivity index (χ0v) is 18.6. The summed E-state index contributed by atoms with van der Waals surface area (Å²) in [6.45, 7) is 3.52. The minimum absolute atomic E-state index is 0.0158. The molecule has 0 atom stereocenters. The highest BCUT2D eigenvalue weighted by atomic mass is 16.5. The number of esters is 1. The molecular weight excluding hydrogens is 416 g/mol. The molecule has 1 aliphatic heterocycles. The molecule has 3 aromatic carbocycles. The Morgan fingerprint density at radius 2 is 1.73 bits per heavy atom. The van der Waals surface area contributed by atoms with Gasteiger partial charge >= 0.3 is 5.97 Å². The number of nitrogens with zero attached hydrogens (tertiary/aromatic N) is 1. The minimum atomic E-state index is -0.430. The molecule has 0 spiro atoms. The van der Waals surface area contributed by atoms with E-state index in [4.69, 9.17) is 26.0 Å². The van der Waals surface area contributed by atoms with Crippen molar-refractivity contribution in [1.82, 2.24) is 4.90 Å². The first-order valence-electron chi connectivity index (χ1n) is 10.6. The highest BCUT2D eigenvalue weighted by Crippen LogP contribution is 2.28. The molecule has 3 aromatic rings. The summed E-state index contributed by atoms with van der Waals surface area (Å²) in [4.78, 5) is 14.3. The second-order valence-electron chi connectivity index (χ2n) is 8.07. The highest BCUT2D eigenvalue weighted by Gasteiger charge is 2.19. The maximum atomic E-state index is 12.3. The monoisotopic (exact) mass is 442 g/mol. The van der Waals surface area contributed by atoms with E-state index in [1.165, 1.54) is 12.7 Å². The van der Waals surface area contributed by atoms with Gasteiger partial charge in [-0.1, -0.05) is 24.3 Å². The molecule has 0 aliphatic carbocycles. The van der Waals surface area contributed by atoms with Crippen LogP contribution in [0, 0.1) is 10.8 Å². The first-order chi connectivity index (χ1) is 15.8. The summed E-state index contributed by atoms with van der Waals surface area (Å²) in [7, 11) is 1.35. The molecule has 168 valence electrons. The Morgan fingerprint density at radius 1 is 0.970 bits per heavy atom. The van der Waals surface area contributed by atoms with E-state index in [0.29, 0.717) is 23.5 Å². The Hall–Kier alpha value is -4.13. The summed E-state index contributed by atoms with van der Waals surface area (Å²) in [6.07, 6.45) is 0. The van der Waals surface area contributed by atoms with Crippen LogP contribution in [0.25, 0.3) is 11.1 Å². The quantitative estimate of drug-likeness (QED) is 0.299. The first-order valence-corrected chi connectivity index (χ1v) is 10.6. The van der Waals surface area contributed by atoms with Crippen LogP contribution in [-0.4, -0.2) is 29.7 Å². The fraction of sp³-hybridized carbons (Fsp3) is 0.192.